The first-order valence-corrected chi connectivity index (χ1v) is 5.78. The average Bonchev–Trinajstić information content (AvgIpc) is 2.77. The first-order chi connectivity index (χ1) is 8.23. The van der Waals surface area contributed by atoms with E-state index >= 15 is 0 Å². The Morgan fingerprint density at radius 2 is 2.22 bits per heavy atom. The molecule has 1 aliphatic heterocycles. The Kier molecular flexibility index (Phi) is 3.33. The van der Waals surface area contributed by atoms with Gasteiger partial charge < -0.3 is 9.67 Å². The maximum Gasteiger partial charge on any atom is 0.418 e. The van der Waals surface area contributed by atoms with Crippen LogP contribution in [0.25, 0.3) is 0 Å². The molecule has 1 aliphatic rings. The number of nitrogens with zero attached hydrogens (tertiary/aromatic N) is 3. The molecule has 102 valence electrons. The first kappa shape index (κ1) is 13.6. The van der Waals surface area contributed by atoms with E-state index in [-0.39, 0.29) is 19.5 Å². The van der Waals surface area contributed by atoms with Crippen LogP contribution in [0.3, 0.4) is 0 Å². The van der Waals surface area contributed by atoms with E-state index in [4.69, 9.17) is 11.6 Å². The Labute approximate surface area is 107 Å². The fourth-order valence-corrected chi connectivity index (χ4v) is 2.15. The number of halogens is 4. The topological polar surface area (TPSA) is 41.3 Å². The number of imidazole rings is 1. The summed E-state index contributed by atoms with van der Waals surface area (Å²) in [5.41, 5.74) is -2.61. The summed E-state index contributed by atoms with van der Waals surface area (Å²) in [4.78, 5) is 5.54. The van der Waals surface area contributed by atoms with Gasteiger partial charge in [0.2, 0.25) is 0 Å². The van der Waals surface area contributed by atoms with Gasteiger partial charge in [0.1, 0.15) is 11.0 Å². The Bertz CT molecular complexity index is 448. The predicted octanol–water partition coefficient (Wildman–Crippen LogP) is 1.57. The zero-order chi connectivity index (χ0) is 13.6. The van der Waals surface area contributed by atoms with Crippen LogP contribution in [0.5, 0.6) is 0 Å². The van der Waals surface area contributed by atoms with E-state index in [2.05, 4.69) is 4.98 Å². The third-order valence-electron chi connectivity index (χ3n) is 3.25. The number of likely N-dealkylation sites (tertiary alicyclic amines) is 1. The smallest absolute Gasteiger partial charge is 0.379 e. The number of β-amino-alcohol motifs (C(OH)–C–C–N with tert-alkyl or cyclic N) is 1. The van der Waals surface area contributed by atoms with Gasteiger partial charge >= 0.3 is 6.18 Å². The van der Waals surface area contributed by atoms with Crippen molar-refractivity contribution < 1.29 is 18.3 Å². The lowest BCUT2D eigenvalue weighted by Gasteiger charge is -2.25. The normalized spacial score (nSPS) is 25.9. The van der Waals surface area contributed by atoms with Gasteiger partial charge in [-0.25, -0.2) is 4.98 Å². The average molecular weight is 284 g/mol. The summed E-state index contributed by atoms with van der Waals surface area (Å²) in [6.45, 7) is -0.0108. The van der Waals surface area contributed by atoms with E-state index < -0.39 is 18.3 Å². The Hall–Kier alpha value is -0.790. The molecule has 2 heterocycles. The lowest BCUT2D eigenvalue weighted by atomic mass is 10.0. The molecule has 0 aliphatic carbocycles. The second-order valence-electron chi connectivity index (χ2n) is 4.55. The second kappa shape index (κ2) is 4.40. The summed E-state index contributed by atoms with van der Waals surface area (Å²) in [6, 6.07) is 0. The van der Waals surface area contributed by atoms with Crippen LogP contribution in [0, 0.1) is 0 Å². The van der Waals surface area contributed by atoms with Crippen molar-refractivity contribution in [2.45, 2.75) is 24.7 Å². The van der Waals surface area contributed by atoms with Crippen LogP contribution in [0.1, 0.15) is 12.2 Å². The van der Waals surface area contributed by atoms with Gasteiger partial charge in [-0.05, 0) is 6.42 Å². The van der Waals surface area contributed by atoms with Crippen LogP contribution in [-0.4, -0.2) is 44.4 Å². The summed E-state index contributed by atoms with van der Waals surface area (Å²) in [7, 11) is 1.69. The van der Waals surface area contributed by atoms with Crippen molar-refractivity contribution in [2.24, 2.45) is 7.05 Å². The Morgan fingerprint density at radius 3 is 2.67 bits per heavy atom. The third-order valence-corrected chi connectivity index (χ3v) is 3.60. The summed E-state index contributed by atoms with van der Waals surface area (Å²) in [6.07, 6.45) is -3.46. The molecule has 1 aromatic rings. The molecule has 0 saturated carbocycles. The molecule has 0 radical (unpaired) electrons. The lowest BCUT2D eigenvalue weighted by Crippen LogP contribution is -2.47. The van der Waals surface area contributed by atoms with Gasteiger partial charge in [0.05, 0.1) is 12.7 Å². The van der Waals surface area contributed by atoms with Gasteiger partial charge in [0.15, 0.2) is 5.60 Å². The fraction of sp³-hybridized carbons (Fsp3) is 0.700. The van der Waals surface area contributed by atoms with Crippen LogP contribution < -0.4 is 0 Å². The van der Waals surface area contributed by atoms with E-state index in [9.17, 15) is 18.3 Å². The number of aliphatic hydroxyl groups is 1. The van der Waals surface area contributed by atoms with Gasteiger partial charge in [0, 0.05) is 20.1 Å². The minimum atomic E-state index is -4.60. The number of alkyl halides is 3. The third kappa shape index (κ3) is 2.34. The van der Waals surface area contributed by atoms with Gasteiger partial charge in [0.25, 0.3) is 0 Å². The summed E-state index contributed by atoms with van der Waals surface area (Å²) in [5.74, 6) is 0.575. The Morgan fingerprint density at radius 1 is 1.56 bits per heavy atom. The van der Waals surface area contributed by atoms with Crippen LogP contribution in [0.2, 0.25) is 5.15 Å². The van der Waals surface area contributed by atoms with Gasteiger partial charge in [-0.3, -0.25) is 4.90 Å². The molecular formula is C10H13ClF3N3O. The van der Waals surface area contributed by atoms with Gasteiger partial charge in [-0.15, -0.1) is 0 Å². The number of hydrogen-bond donors (Lipinski definition) is 1. The molecule has 2 rings (SSSR count). The van der Waals surface area contributed by atoms with Crippen LogP contribution in [-0.2, 0) is 13.6 Å². The zero-order valence-electron chi connectivity index (χ0n) is 9.71. The molecule has 0 bridgehead atoms. The fourth-order valence-electron chi connectivity index (χ4n) is 2.01. The minimum absolute atomic E-state index is 0.181. The molecule has 1 fully saturated rings. The molecule has 0 aromatic carbocycles. The van der Waals surface area contributed by atoms with E-state index in [0.717, 1.165) is 0 Å². The van der Waals surface area contributed by atoms with Crippen molar-refractivity contribution in [1.29, 1.82) is 0 Å². The van der Waals surface area contributed by atoms with E-state index in [1.807, 2.05) is 0 Å². The molecule has 0 spiro atoms. The molecule has 1 N–H and O–H groups in total. The zero-order valence-corrected chi connectivity index (χ0v) is 10.5. The first-order valence-electron chi connectivity index (χ1n) is 5.40. The highest BCUT2D eigenvalue weighted by atomic mass is 35.5. The largest absolute Gasteiger partial charge is 0.418 e. The van der Waals surface area contributed by atoms with Gasteiger partial charge in [-0.2, -0.15) is 13.2 Å². The molecule has 0 amide bonds. The van der Waals surface area contributed by atoms with Crippen molar-refractivity contribution in [3.63, 3.8) is 0 Å². The van der Waals surface area contributed by atoms with Crippen molar-refractivity contribution in [3.8, 4) is 0 Å². The minimum Gasteiger partial charge on any atom is -0.379 e. The molecule has 1 unspecified atom stereocenters. The maximum absolute atomic E-state index is 12.6. The molecule has 18 heavy (non-hydrogen) atoms. The lowest BCUT2D eigenvalue weighted by molar-refractivity contribution is -0.254. The van der Waals surface area contributed by atoms with E-state index in [1.165, 1.54) is 11.1 Å². The summed E-state index contributed by atoms with van der Waals surface area (Å²) in [5, 5.41) is 9.96. The van der Waals surface area contributed by atoms with E-state index in [0.29, 0.717) is 11.0 Å². The molecule has 1 aromatic heterocycles. The number of rotatable bonds is 2. The standard InChI is InChI=1S/C10H13ClF3N3O/c1-16-7(11)4-15-8(16)5-17-3-2-9(18,6-17)10(12,13)14/h4,18H,2-3,5-6H2,1H3. The molecule has 1 saturated heterocycles. The molecule has 4 nitrogen and oxygen atoms in total. The molecular weight excluding hydrogens is 271 g/mol. The highest BCUT2D eigenvalue weighted by Crippen LogP contribution is 2.37. The van der Waals surface area contributed by atoms with Crippen LogP contribution >= 0.6 is 11.6 Å². The van der Waals surface area contributed by atoms with Crippen LogP contribution in [0.4, 0.5) is 13.2 Å². The maximum atomic E-state index is 12.6. The summed E-state index contributed by atoms with van der Waals surface area (Å²) >= 11 is 5.80. The van der Waals surface area contributed by atoms with Crippen molar-refractivity contribution in [2.75, 3.05) is 13.1 Å². The summed E-state index contributed by atoms with van der Waals surface area (Å²) < 4.78 is 39.5. The molecule has 8 heteroatoms. The quantitative estimate of drug-likeness (QED) is 0.896. The second-order valence-corrected chi connectivity index (χ2v) is 4.93. The predicted molar refractivity (Wildman–Crippen MR) is 59.1 cm³/mol. The van der Waals surface area contributed by atoms with Crippen molar-refractivity contribution >= 4 is 11.6 Å². The van der Waals surface area contributed by atoms with Crippen molar-refractivity contribution in [3.05, 3.63) is 17.2 Å². The monoisotopic (exact) mass is 283 g/mol. The van der Waals surface area contributed by atoms with Gasteiger partial charge in [-0.1, -0.05) is 11.6 Å². The highest BCUT2D eigenvalue weighted by molar-refractivity contribution is 6.29. The Balaban J connectivity index is 2.04. The molecule has 1 atom stereocenters. The highest BCUT2D eigenvalue weighted by Gasteiger charge is 2.56. The SMILES string of the molecule is Cn1c(Cl)cnc1CN1CCC(O)(C(F)(F)F)C1. The van der Waals surface area contributed by atoms with E-state index in [1.54, 1.807) is 11.6 Å². The van der Waals surface area contributed by atoms with Crippen molar-refractivity contribution in [1.82, 2.24) is 14.5 Å². The van der Waals surface area contributed by atoms with Crippen LogP contribution in [0.15, 0.2) is 6.20 Å². The number of aromatic nitrogens is 2. The number of hydrogen-bond acceptors (Lipinski definition) is 3.